The number of nitrogens with zero attached hydrogens (tertiary/aromatic N) is 4. The molecule has 2 bridgehead atoms. The lowest BCUT2D eigenvalue weighted by Crippen LogP contribution is -2.48. The van der Waals surface area contributed by atoms with Crippen molar-refractivity contribution in [3.8, 4) is 11.3 Å². The molecule has 4 heterocycles. The zero-order valence-electron chi connectivity index (χ0n) is 22.1. The van der Waals surface area contributed by atoms with Crippen molar-refractivity contribution < 1.29 is 22.8 Å². The van der Waals surface area contributed by atoms with Crippen LogP contribution in [0.3, 0.4) is 0 Å². The highest BCUT2D eigenvalue weighted by Crippen LogP contribution is 2.41. The van der Waals surface area contributed by atoms with Gasteiger partial charge in [-0.15, -0.1) is 0 Å². The topological polar surface area (TPSA) is 68.8 Å². The lowest BCUT2D eigenvalue weighted by atomic mass is 9.98. The number of anilines is 3. The fraction of sp³-hybridized carbons (Fsp3) is 0.367. The number of urea groups is 1. The van der Waals surface area contributed by atoms with E-state index in [-0.39, 0.29) is 23.9 Å². The van der Waals surface area contributed by atoms with Crippen molar-refractivity contribution in [1.29, 1.82) is 0 Å². The Morgan fingerprint density at radius 1 is 1.00 bits per heavy atom. The second-order valence-corrected chi connectivity index (χ2v) is 10.6. The van der Waals surface area contributed by atoms with E-state index in [1.807, 2.05) is 42.2 Å². The molecule has 3 amide bonds. The monoisotopic (exact) mass is 549 g/mol. The summed E-state index contributed by atoms with van der Waals surface area (Å²) in [6, 6.07) is 15.9. The number of alkyl halides is 3. The Hall–Kier alpha value is -4.08. The lowest BCUT2D eigenvalue weighted by Gasteiger charge is -2.36. The molecule has 2 unspecified atom stereocenters. The zero-order chi connectivity index (χ0) is 28.0. The van der Waals surface area contributed by atoms with Crippen LogP contribution in [0.4, 0.5) is 35.2 Å². The number of hydrogen-bond acceptors (Lipinski definition) is 4. The van der Waals surface area contributed by atoms with Gasteiger partial charge in [-0.25, -0.2) is 9.78 Å². The average Bonchev–Trinajstić information content (AvgIpc) is 3.61. The molecule has 0 radical (unpaired) electrons. The minimum atomic E-state index is -4.46. The summed E-state index contributed by atoms with van der Waals surface area (Å²) in [4.78, 5) is 36.3. The van der Waals surface area contributed by atoms with Crippen molar-refractivity contribution in [1.82, 2.24) is 9.88 Å². The van der Waals surface area contributed by atoms with E-state index < -0.39 is 11.7 Å². The van der Waals surface area contributed by atoms with Gasteiger partial charge in [-0.3, -0.25) is 9.69 Å². The molecule has 1 N–H and O–H groups in total. The molecule has 2 saturated heterocycles. The molecule has 208 valence electrons. The van der Waals surface area contributed by atoms with Crippen LogP contribution in [0.2, 0.25) is 0 Å². The number of carbonyl (C=O) groups excluding carboxylic acids is 2. The van der Waals surface area contributed by atoms with Gasteiger partial charge in [0.15, 0.2) is 5.82 Å². The van der Waals surface area contributed by atoms with Crippen LogP contribution in [0.15, 0.2) is 60.7 Å². The van der Waals surface area contributed by atoms with E-state index in [4.69, 9.17) is 4.98 Å². The number of nitrogens with one attached hydrogen (secondary N) is 1. The SMILES string of the molecule is CCC(=O)N1CCC(c2cccc(NC(=O)N3c4nc(-c5cccc(C(F)(F)F)c5)ccc4N4CCC3C4)c2)C1. The van der Waals surface area contributed by atoms with E-state index >= 15 is 0 Å². The number of carbonyl (C=O) groups is 2. The number of hydrogen-bond donors (Lipinski definition) is 1. The molecular weight excluding hydrogens is 519 g/mol. The molecule has 0 aliphatic carbocycles. The molecule has 0 spiro atoms. The van der Waals surface area contributed by atoms with Crippen molar-refractivity contribution in [2.75, 3.05) is 41.3 Å². The predicted octanol–water partition coefficient (Wildman–Crippen LogP) is 6.12. The van der Waals surface area contributed by atoms with Crippen LogP contribution < -0.4 is 15.1 Å². The second kappa shape index (κ2) is 10.1. The Balaban J connectivity index is 1.26. The molecule has 3 aliphatic rings. The van der Waals surface area contributed by atoms with E-state index in [2.05, 4.69) is 10.2 Å². The van der Waals surface area contributed by atoms with Gasteiger partial charge in [-0.05, 0) is 54.8 Å². The van der Waals surface area contributed by atoms with E-state index in [1.165, 1.54) is 6.07 Å². The summed E-state index contributed by atoms with van der Waals surface area (Å²) in [6.07, 6.45) is -2.32. The largest absolute Gasteiger partial charge is 0.416 e. The molecule has 1 aromatic heterocycles. The Kier molecular flexibility index (Phi) is 6.64. The van der Waals surface area contributed by atoms with Gasteiger partial charge in [0.25, 0.3) is 0 Å². The highest BCUT2D eigenvalue weighted by molar-refractivity contribution is 6.04. The summed E-state index contributed by atoms with van der Waals surface area (Å²) in [6.45, 7) is 4.72. The Labute approximate surface area is 230 Å². The predicted molar refractivity (Wildman–Crippen MR) is 147 cm³/mol. The fourth-order valence-corrected chi connectivity index (χ4v) is 6.02. The maximum absolute atomic E-state index is 13.7. The zero-order valence-corrected chi connectivity index (χ0v) is 22.1. The first-order valence-electron chi connectivity index (χ1n) is 13.6. The van der Waals surface area contributed by atoms with Gasteiger partial charge in [0.1, 0.15) is 0 Å². The Morgan fingerprint density at radius 3 is 2.62 bits per heavy atom. The summed E-state index contributed by atoms with van der Waals surface area (Å²) in [5.74, 6) is 0.809. The summed E-state index contributed by atoms with van der Waals surface area (Å²) in [5.41, 5.74) is 2.48. The van der Waals surface area contributed by atoms with Crippen molar-refractivity contribution in [3.05, 3.63) is 71.8 Å². The summed E-state index contributed by atoms with van der Waals surface area (Å²) in [5, 5.41) is 3.03. The summed E-state index contributed by atoms with van der Waals surface area (Å²) in [7, 11) is 0. The highest BCUT2D eigenvalue weighted by Gasteiger charge is 2.40. The second-order valence-electron chi connectivity index (χ2n) is 10.6. The molecule has 10 heteroatoms. The third kappa shape index (κ3) is 4.87. The number of fused-ring (bicyclic) bond motifs is 4. The number of pyridine rings is 1. The number of likely N-dealkylation sites (tertiary alicyclic amines) is 1. The van der Waals surface area contributed by atoms with E-state index in [9.17, 15) is 22.8 Å². The smallest absolute Gasteiger partial charge is 0.366 e. The first-order valence-corrected chi connectivity index (χ1v) is 13.6. The molecule has 3 aromatic rings. The van der Waals surface area contributed by atoms with Crippen molar-refractivity contribution in [2.24, 2.45) is 0 Å². The Morgan fingerprint density at radius 2 is 1.82 bits per heavy atom. The quantitative estimate of drug-likeness (QED) is 0.426. The van der Waals surface area contributed by atoms with Gasteiger partial charge in [0.05, 0.1) is 23.0 Å². The standard InChI is InChI=1S/C30H30F3N5O2/c1-2-27(39)37-13-11-21(17-37)19-5-4-8-23(16-19)34-29(40)38-24-12-14-36(18-24)26-10-9-25(35-28(26)38)20-6-3-7-22(15-20)30(31,32)33/h3-10,15-16,21,24H,2,11-14,17-18H2,1H3,(H,34,40). The van der Waals surface area contributed by atoms with Gasteiger partial charge in [-0.1, -0.05) is 31.2 Å². The van der Waals surface area contributed by atoms with Crippen LogP contribution in [-0.2, 0) is 11.0 Å². The van der Waals surface area contributed by atoms with E-state index in [0.717, 1.165) is 49.3 Å². The number of halogens is 3. The van der Waals surface area contributed by atoms with Crippen LogP contribution in [0.1, 0.15) is 43.2 Å². The van der Waals surface area contributed by atoms with Crippen LogP contribution in [-0.4, -0.2) is 54.0 Å². The maximum atomic E-state index is 13.7. The van der Waals surface area contributed by atoms with Crippen LogP contribution in [0.25, 0.3) is 11.3 Å². The molecule has 3 aliphatic heterocycles. The first kappa shape index (κ1) is 26.2. The van der Waals surface area contributed by atoms with Gasteiger partial charge in [0.2, 0.25) is 5.91 Å². The van der Waals surface area contributed by atoms with Crippen molar-refractivity contribution >= 4 is 29.1 Å². The summed E-state index contributed by atoms with van der Waals surface area (Å²) >= 11 is 0. The molecular formula is C30H30F3N5O2. The summed E-state index contributed by atoms with van der Waals surface area (Å²) < 4.78 is 40.0. The van der Waals surface area contributed by atoms with Gasteiger partial charge in [-0.2, -0.15) is 13.2 Å². The number of aromatic nitrogens is 1. The molecule has 40 heavy (non-hydrogen) atoms. The van der Waals surface area contributed by atoms with Crippen LogP contribution >= 0.6 is 0 Å². The van der Waals surface area contributed by atoms with Gasteiger partial charge in [0, 0.05) is 49.8 Å². The fourth-order valence-electron chi connectivity index (χ4n) is 6.02. The molecule has 7 nitrogen and oxygen atoms in total. The van der Waals surface area contributed by atoms with Crippen LogP contribution in [0.5, 0.6) is 0 Å². The third-order valence-corrected chi connectivity index (χ3v) is 8.11. The average molecular weight is 550 g/mol. The Bertz CT molecular complexity index is 1460. The number of benzene rings is 2. The highest BCUT2D eigenvalue weighted by atomic mass is 19.4. The van der Waals surface area contributed by atoms with E-state index in [0.29, 0.717) is 42.3 Å². The minimum absolute atomic E-state index is 0.0941. The van der Waals surface area contributed by atoms with Gasteiger partial charge < -0.3 is 15.1 Å². The minimum Gasteiger partial charge on any atom is -0.366 e. The first-order chi connectivity index (χ1) is 19.2. The van der Waals surface area contributed by atoms with Crippen molar-refractivity contribution in [2.45, 2.75) is 44.3 Å². The molecule has 0 saturated carbocycles. The molecule has 2 aromatic carbocycles. The molecule has 2 fully saturated rings. The lowest BCUT2D eigenvalue weighted by molar-refractivity contribution is -0.137. The van der Waals surface area contributed by atoms with Crippen molar-refractivity contribution in [3.63, 3.8) is 0 Å². The number of rotatable bonds is 4. The normalized spacial score (nSPS) is 20.1. The third-order valence-electron chi connectivity index (χ3n) is 8.11. The number of amides is 3. The molecule has 6 rings (SSSR count). The van der Waals surface area contributed by atoms with E-state index in [1.54, 1.807) is 17.0 Å². The maximum Gasteiger partial charge on any atom is 0.416 e. The van der Waals surface area contributed by atoms with Crippen LogP contribution in [0, 0.1) is 0 Å². The van der Waals surface area contributed by atoms with Gasteiger partial charge >= 0.3 is 12.2 Å². The molecule has 2 atom stereocenters.